The van der Waals surface area contributed by atoms with E-state index in [0.29, 0.717) is 31.3 Å². The van der Waals surface area contributed by atoms with Gasteiger partial charge in [0, 0.05) is 30.1 Å². The first-order valence-corrected chi connectivity index (χ1v) is 8.26. The molecule has 24 heavy (non-hydrogen) atoms. The summed E-state index contributed by atoms with van der Waals surface area (Å²) in [6.07, 6.45) is 0.685. The second kappa shape index (κ2) is 6.75. The molecule has 0 atom stereocenters. The second-order valence-corrected chi connectivity index (χ2v) is 6.37. The molecule has 0 radical (unpaired) electrons. The third-order valence-corrected chi connectivity index (χ3v) is 4.52. The molecule has 0 bridgehead atoms. The number of rotatable bonds is 4. The van der Waals surface area contributed by atoms with Gasteiger partial charge in [0.1, 0.15) is 0 Å². The number of hydrogen-bond donors (Lipinski definition) is 1. The van der Waals surface area contributed by atoms with Crippen molar-refractivity contribution in [3.63, 3.8) is 0 Å². The highest BCUT2D eigenvalue weighted by molar-refractivity contribution is 5.58. The van der Waals surface area contributed by atoms with Crippen molar-refractivity contribution in [1.82, 2.24) is 14.5 Å². The molecule has 0 amide bonds. The molecule has 1 aliphatic heterocycles. The molecule has 6 heteroatoms. The molecule has 3 rings (SSSR count). The highest BCUT2D eigenvalue weighted by Crippen LogP contribution is 2.27. The summed E-state index contributed by atoms with van der Waals surface area (Å²) < 4.78 is 1.73. The molecule has 2 heterocycles. The first-order chi connectivity index (χ1) is 11.5. The minimum absolute atomic E-state index is 0.00306. The van der Waals surface area contributed by atoms with E-state index in [9.17, 15) is 4.79 Å². The van der Waals surface area contributed by atoms with Crippen LogP contribution < -0.4 is 10.5 Å². The summed E-state index contributed by atoms with van der Waals surface area (Å²) in [6, 6.07) is 8.23. The van der Waals surface area contributed by atoms with E-state index in [4.69, 9.17) is 5.11 Å². The fourth-order valence-corrected chi connectivity index (χ4v) is 2.94. The van der Waals surface area contributed by atoms with Crippen LogP contribution in [0, 0.1) is 20.8 Å². The predicted molar refractivity (Wildman–Crippen MR) is 94.6 cm³/mol. The number of aromatic nitrogens is 2. The fraction of sp³-hybridized carbons (Fsp3) is 0.444. The first-order valence-electron chi connectivity index (χ1n) is 8.26. The van der Waals surface area contributed by atoms with Crippen LogP contribution >= 0.6 is 0 Å². The number of aliphatic hydroxyl groups is 1. The third-order valence-electron chi connectivity index (χ3n) is 4.52. The van der Waals surface area contributed by atoms with Crippen molar-refractivity contribution in [3.8, 4) is 0 Å². The van der Waals surface area contributed by atoms with Crippen molar-refractivity contribution in [2.45, 2.75) is 33.9 Å². The highest BCUT2D eigenvalue weighted by atomic mass is 16.3. The van der Waals surface area contributed by atoms with Crippen LogP contribution in [0.15, 0.2) is 29.1 Å². The standard InChI is InChI=1S/C18H24N4O2/c1-13-5-7-16(8-6-13)21-11-20(9-4-10-23)12-22-17(24)14(2)15(3)19-18(21)22/h5-8,23H,4,9-12H2,1-3H3. The lowest BCUT2D eigenvalue weighted by atomic mass is 10.2. The molecule has 1 N–H and O–H groups in total. The van der Waals surface area contributed by atoms with E-state index in [-0.39, 0.29) is 12.2 Å². The van der Waals surface area contributed by atoms with Gasteiger partial charge < -0.3 is 5.11 Å². The van der Waals surface area contributed by atoms with E-state index in [0.717, 1.165) is 17.9 Å². The van der Waals surface area contributed by atoms with Gasteiger partial charge in [-0.25, -0.2) is 4.98 Å². The van der Waals surface area contributed by atoms with Crippen LogP contribution in [0.4, 0.5) is 11.6 Å². The zero-order chi connectivity index (χ0) is 17.3. The Hall–Kier alpha value is -2.18. The van der Waals surface area contributed by atoms with Crippen LogP contribution in [0.1, 0.15) is 23.2 Å². The summed E-state index contributed by atoms with van der Waals surface area (Å²) in [4.78, 5) is 21.6. The van der Waals surface area contributed by atoms with Crippen LogP contribution in [0.5, 0.6) is 0 Å². The Morgan fingerprint density at radius 2 is 1.83 bits per heavy atom. The molecule has 0 spiro atoms. The van der Waals surface area contributed by atoms with Crippen molar-refractivity contribution >= 4 is 11.6 Å². The lowest BCUT2D eigenvalue weighted by molar-refractivity contribution is 0.175. The monoisotopic (exact) mass is 328 g/mol. The average molecular weight is 328 g/mol. The molecular formula is C18H24N4O2. The van der Waals surface area contributed by atoms with Gasteiger partial charge in [-0.2, -0.15) is 0 Å². The maximum absolute atomic E-state index is 12.7. The van der Waals surface area contributed by atoms with Gasteiger partial charge in [-0.1, -0.05) is 17.7 Å². The Kier molecular flexibility index (Phi) is 4.69. The van der Waals surface area contributed by atoms with Crippen LogP contribution in [-0.2, 0) is 6.67 Å². The number of aliphatic hydroxyl groups excluding tert-OH is 1. The molecule has 0 fully saturated rings. The second-order valence-electron chi connectivity index (χ2n) is 6.37. The lowest BCUT2D eigenvalue weighted by Gasteiger charge is -2.38. The summed E-state index contributed by atoms with van der Waals surface area (Å²) in [7, 11) is 0. The van der Waals surface area contributed by atoms with Gasteiger partial charge in [-0.15, -0.1) is 0 Å². The maximum Gasteiger partial charge on any atom is 0.259 e. The van der Waals surface area contributed by atoms with Crippen molar-refractivity contribution in [3.05, 3.63) is 51.4 Å². The average Bonchev–Trinajstić information content (AvgIpc) is 2.58. The minimum Gasteiger partial charge on any atom is -0.396 e. The van der Waals surface area contributed by atoms with Crippen molar-refractivity contribution in [1.29, 1.82) is 0 Å². The molecule has 1 aliphatic rings. The van der Waals surface area contributed by atoms with Gasteiger partial charge in [0.25, 0.3) is 5.56 Å². The molecule has 0 saturated carbocycles. The molecule has 0 saturated heterocycles. The van der Waals surface area contributed by atoms with Gasteiger partial charge >= 0.3 is 0 Å². The van der Waals surface area contributed by atoms with Gasteiger partial charge in [0.2, 0.25) is 5.95 Å². The molecule has 128 valence electrons. The third kappa shape index (κ3) is 3.07. The summed E-state index contributed by atoms with van der Waals surface area (Å²) in [5, 5.41) is 9.12. The molecule has 2 aromatic rings. The quantitative estimate of drug-likeness (QED) is 0.929. The van der Waals surface area contributed by atoms with Crippen LogP contribution in [0.2, 0.25) is 0 Å². The first kappa shape index (κ1) is 16.7. The number of anilines is 2. The largest absolute Gasteiger partial charge is 0.396 e. The Bertz CT molecular complexity index is 783. The zero-order valence-corrected chi connectivity index (χ0v) is 14.5. The fourth-order valence-electron chi connectivity index (χ4n) is 2.94. The smallest absolute Gasteiger partial charge is 0.259 e. The van der Waals surface area contributed by atoms with Crippen molar-refractivity contribution in [2.24, 2.45) is 0 Å². The highest BCUT2D eigenvalue weighted by Gasteiger charge is 2.26. The van der Waals surface area contributed by atoms with Gasteiger partial charge in [0.15, 0.2) is 0 Å². The Balaban J connectivity index is 2.08. The molecule has 1 aromatic carbocycles. The number of aryl methyl sites for hydroxylation is 2. The van der Waals surface area contributed by atoms with E-state index < -0.39 is 0 Å². The summed E-state index contributed by atoms with van der Waals surface area (Å²) in [6.45, 7) is 7.79. The number of hydrogen-bond acceptors (Lipinski definition) is 5. The summed E-state index contributed by atoms with van der Waals surface area (Å²) in [5.74, 6) is 0.687. The Morgan fingerprint density at radius 1 is 1.12 bits per heavy atom. The van der Waals surface area contributed by atoms with Crippen molar-refractivity contribution in [2.75, 3.05) is 24.7 Å². The zero-order valence-electron chi connectivity index (χ0n) is 14.5. The SMILES string of the molecule is Cc1ccc(N2CN(CCCO)Cn3c2nc(C)c(C)c3=O)cc1. The number of fused-ring (bicyclic) bond motifs is 1. The van der Waals surface area contributed by atoms with Crippen molar-refractivity contribution < 1.29 is 5.11 Å². The number of nitrogens with zero attached hydrogens (tertiary/aromatic N) is 4. The molecule has 0 unspecified atom stereocenters. The minimum atomic E-state index is 0.00306. The molecule has 6 nitrogen and oxygen atoms in total. The van der Waals surface area contributed by atoms with Gasteiger partial charge in [-0.05, 0) is 39.3 Å². The predicted octanol–water partition coefficient (Wildman–Crippen LogP) is 1.92. The Labute approximate surface area is 142 Å². The van der Waals surface area contributed by atoms with Crippen LogP contribution in [0.25, 0.3) is 0 Å². The van der Waals surface area contributed by atoms with E-state index in [1.54, 1.807) is 4.57 Å². The lowest BCUT2D eigenvalue weighted by Crippen LogP contribution is -2.48. The van der Waals surface area contributed by atoms with E-state index in [1.165, 1.54) is 5.56 Å². The summed E-state index contributed by atoms with van der Waals surface area (Å²) >= 11 is 0. The van der Waals surface area contributed by atoms with Crippen LogP contribution in [0.3, 0.4) is 0 Å². The van der Waals surface area contributed by atoms with Gasteiger partial charge in [0.05, 0.1) is 13.3 Å². The maximum atomic E-state index is 12.7. The molecule has 0 aliphatic carbocycles. The van der Waals surface area contributed by atoms with E-state index in [2.05, 4.69) is 46.0 Å². The number of benzene rings is 1. The van der Waals surface area contributed by atoms with Gasteiger partial charge in [-0.3, -0.25) is 19.2 Å². The van der Waals surface area contributed by atoms with Crippen LogP contribution in [-0.4, -0.2) is 39.4 Å². The topological polar surface area (TPSA) is 61.6 Å². The van der Waals surface area contributed by atoms with E-state index >= 15 is 0 Å². The van der Waals surface area contributed by atoms with E-state index in [1.807, 2.05) is 13.8 Å². The normalized spacial score (nSPS) is 14.8. The molecular weight excluding hydrogens is 304 g/mol. The summed E-state index contributed by atoms with van der Waals surface area (Å²) in [5.41, 5.74) is 3.67. The molecule has 1 aromatic heterocycles. The Morgan fingerprint density at radius 3 is 2.50 bits per heavy atom.